The van der Waals surface area contributed by atoms with Gasteiger partial charge in [-0.2, -0.15) is 0 Å². The molecule has 210 valence electrons. The molecule has 4 rings (SSSR count). The maximum Gasteiger partial charge on any atom is 0.455 e. The van der Waals surface area contributed by atoms with Crippen LogP contribution in [0.5, 0.6) is 5.75 Å². The number of unbranched alkanes of at least 4 members (excludes halogenated alkanes) is 2. The molecule has 1 aliphatic carbocycles. The summed E-state index contributed by atoms with van der Waals surface area (Å²) in [7, 11) is -1.01. The summed E-state index contributed by atoms with van der Waals surface area (Å²) in [5.74, 6) is -1.91. The second-order valence-electron chi connectivity index (χ2n) is 11.5. The Labute approximate surface area is 230 Å². The molecule has 2 amide bonds. The number of phenols is 1. The number of likely N-dealkylation sites (tertiary alicyclic amines) is 1. The zero-order valence-electron chi connectivity index (χ0n) is 23.1. The number of rotatable bonds is 11. The quantitative estimate of drug-likeness (QED) is 0.162. The highest BCUT2D eigenvalue weighted by atomic mass is 16.5. The number of imide groups is 1. The lowest BCUT2D eigenvalue weighted by Crippen LogP contribution is -2.46. The van der Waals surface area contributed by atoms with Gasteiger partial charge in [0, 0.05) is 18.5 Å². The lowest BCUT2D eigenvalue weighted by atomic mass is 9.57. The fourth-order valence-electron chi connectivity index (χ4n) is 6.56. The highest BCUT2D eigenvalue weighted by molar-refractivity contribution is 6.43. The van der Waals surface area contributed by atoms with Gasteiger partial charge in [-0.3, -0.25) is 19.3 Å². The van der Waals surface area contributed by atoms with Crippen LogP contribution in [0.2, 0.25) is 6.32 Å². The standard InChI is InChI=1S/C30H40BNO7/c1-18(2)21-16-22-28(30(37)32(29(22)36)14-8-4-5-11-26(34)35)23-17-31(38)39-25(27(21)23)13-12-19(3)15-20-9-6-7-10-24(20)33/h6-7,9-10,15,18,22-23,25,28,33,38H,4-5,8,11-14,16-17H2,1-3H3,(H,34,35)/b19-15+/t22-,23+,25-,28-/m1/s1. The van der Waals surface area contributed by atoms with Crippen molar-refractivity contribution in [1.82, 2.24) is 4.90 Å². The summed E-state index contributed by atoms with van der Waals surface area (Å²) in [5, 5.41) is 29.7. The summed E-state index contributed by atoms with van der Waals surface area (Å²) in [6, 6.07) is 7.17. The van der Waals surface area contributed by atoms with Crippen molar-refractivity contribution >= 4 is 31.0 Å². The van der Waals surface area contributed by atoms with Crippen LogP contribution in [-0.2, 0) is 19.0 Å². The van der Waals surface area contributed by atoms with Gasteiger partial charge in [0.1, 0.15) is 5.75 Å². The topological polar surface area (TPSA) is 124 Å². The van der Waals surface area contributed by atoms with Crippen LogP contribution in [0.1, 0.15) is 71.3 Å². The van der Waals surface area contributed by atoms with Gasteiger partial charge in [-0.25, -0.2) is 0 Å². The van der Waals surface area contributed by atoms with Gasteiger partial charge in [0.15, 0.2) is 0 Å². The minimum absolute atomic E-state index is 0.0840. The van der Waals surface area contributed by atoms with E-state index < -0.39 is 24.9 Å². The number of hydrogen-bond acceptors (Lipinski definition) is 6. The first-order chi connectivity index (χ1) is 18.6. The smallest absolute Gasteiger partial charge is 0.455 e. The Kier molecular flexibility index (Phi) is 9.33. The molecule has 3 N–H and O–H groups in total. The van der Waals surface area contributed by atoms with Gasteiger partial charge in [0.05, 0.1) is 17.9 Å². The van der Waals surface area contributed by atoms with Crippen LogP contribution in [0.3, 0.4) is 0 Å². The highest BCUT2D eigenvalue weighted by Crippen LogP contribution is 2.52. The van der Waals surface area contributed by atoms with Crippen molar-refractivity contribution in [2.45, 2.75) is 78.1 Å². The molecule has 0 aromatic heterocycles. The molecule has 1 aromatic rings. The number of fused-ring (bicyclic) bond motifs is 3. The second-order valence-corrected chi connectivity index (χ2v) is 11.5. The van der Waals surface area contributed by atoms with Crippen molar-refractivity contribution in [2.75, 3.05) is 6.54 Å². The SMILES string of the molecule is C/C(=C\c1ccccc1O)CC[C@H]1OB(O)C[C@H]2C1=C(C(C)C)C[C@H]1C(=O)N(CCCCCC(=O)O)C(=O)[C@H]12. The summed E-state index contributed by atoms with van der Waals surface area (Å²) in [6.45, 7) is 6.52. The summed E-state index contributed by atoms with van der Waals surface area (Å²) in [5.41, 5.74) is 4.05. The van der Waals surface area contributed by atoms with E-state index in [0.29, 0.717) is 51.4 Å². The van der Waals surface area contributed by atoms with E-state index in [1.165, 1.54) is 4.90 Å². The van der Waals surface area contributed by atoms with E-state index >= 15 is 0 Å². The monoisotopic (exact) mass is 537 g/mol. The van der Waals surface area contributed by atoms with E-state index in [2.05, 4.69) is 13.8 Å². The number of nitrogens with zero attached hydrogens (tertiary/aromatic N) is 1. The molecule has 0 saturated carbocycles. The minimum atomic E-state index is -1.01. The molecule has 0 spiro atoms. The molecular formula is C30H40BNO7. The number of carbonyl (C=O) groups excluding carboxylic acids is 2. The maximum atomic E-state index is 13.6. The van der Waals surface area contributed by atoms with E-state index in [9.17, 15) is 24.5 Å². The number of phenolic OH excluding ortho intramolecular Hbond substituents is 1. The fourth-order valence-corrected chi connectivity index (χ4v) is 6.56. The van der Waals surface area contributed by atoms with Crippen LogP contribution in [0.4, 0.5) is 0 Å². The molecule has 1 aromatic carbocycles. The normalized spacial score (nSPS) is 25.4. The summed E-state index contributed by atoms with van der Waals surface area (Å²) < 4.78 is 6.07. The number of benzene rings is 1. The molecule has 2 fully saturated rings. The molecule has 9 heteroatoms. The molecule has 0 bridgehead atoms. The Morgan fingerprint density at radius 3 is 2.56 bits per heavy atom. The number of para-hydroxylation sites is 1. The number of carbonyl (C=O) groups is 3. The van der Waals surface area contributed by atoms with Gasteiger partial charge in [0.25, 0.3) is 0 Å². The Bertz CT molecular complexity index is 1160. The van der Waals surface area contributed by atoms with Gasteiger partial charge >= 0.3 is 13.1 Å². The van der Waals surface area contributed by atoms with Crippen molar-refractivity contribution < 1.29 is 34.3 Å². The molecule has 0 unspecified atom stereocenters. The highest BCUT2D eigenvalue weighted by Gasteiger charge is 2.57. The Balaban J connectivity index is 1.52. The number of carboxylic acids is 1. The summed E-state index contributed by atoms with van der Waals surface area (Å²) in [6.07, 6.45) is 5.57. The second kappa shape index (κ2) is 12.5. The minimum Gasteiger partial charge on any atom is -0.507 e. The van der Waals surface area contributed by atoms with Crippen molar-refractivity contribution in [3.8, 4) is 5.75 Å². The molecule has 39 heavy (non-hydrogen) atoms. The van der Waals surface area contributed by atoms with Gasteiger partial charge in [-0.05, 0) is 68.8 Å². The van der Waals surface area contributed by atoms with Crippen LogP contribution in [0.25, 0.3) is 6.08 Å². The third-order valence-corrected chi connectivity index (χ3v) is 8.44. The molecule has 2 saturated heterocycles. The molecule has 4 atom stereocenters. The van der Waals surface area contributed by atoms with Crippen LogP contribution in [0, 0.1) is 23.7 Å². The van der Waals surface area contributed by atoms with Crippen LogP contribution in [-0.4, -0.2) is 57.7 Å². The molecule has 0 radical (unpaired) electrons. The van der Waals surface area contributed by atoms with E-state index in [0.717, 1.165) is 22.3 Å². The predicted molar refractivity (Wildman–Crippen MR) is 148 cm³/mol. The van der Waals surface area contributed by atoms with Crippen molar-refractivity contribution in [1.29, 1.82) is 0 Å². The average Bonchev–Trinajstić information content (AvgIpc) is 3.12. The summed E-state index contributed by atoms with van der Waals surface area (Å²) >= 11 is 0. The first-order valence-corrected chi connectivity index (χ1v) is 14.2. The largest absolute Gasteiger partial charge is 0.507 e. The number of amides is 2. The molecule has 8 nitrogen and oxygen atoms in total. The van der Waals surface area contributed by atoms with E-state index in [1.54, 1.807) is 12.1 Å². The Morgan fingerprint density at radius 1 is 1.13 bits per heavy atom. The number of allylic oxidation sites excluding steroid dienone is 2. The van der Waals surface area contributed by atoms with Gasteiger partial charge in [-0.15, -0.1) is 0 Å². The van der Waals surface area contributed by atoms with Crippen LogP contribution < -0.4 is 0 Å². The zero-order chi connectivity index (χ0) is 28.3. The predicted octanol–water partition coefficient (Wildman–Crippen LogP) is 4.67. The third kappa shape index (κ3) is 6.47. The van der Waals surface area contributed by atoms with Gasteiger partial charge in [0.2, 0.25) is 11.8 Å². The Hall–Kier alpha value is -2.91. The van der Waals surface area contributed by atoms with Crippen molar-refractivity contribution in [2.24, 2.45) is 23.7 Å². The molecule has 2 heterocycles. The van der Waals surface area contributed by atoms with Gasteiger partial charge in [-0.1, -0.05) is 55.7 Å². The fraction of sp³-hybridized carbons (Fsp3) is 0.567. The number of aromatic hydroxyl groups is 1. The molecular weight excluding hydrogens is 497 g/mol. The number of carboxylic acid groups (broad SMARTS) is 1. The van der Waals surface area contributed by atoms with Crippen molar-refractivity contribution in [3.63, 3.8) is 0 Å². The van der Waals surface area contributed by atoms with Gasteiger partial charge < -0.3 is 19.9 Å². The number of hydrogen-bond donors (Lipinski definition) is 3. The maximum absolute atomic E-state index is 13.6. The van der Waals surface area contributed by atoms with E-state index in [1.807, 2.05) is 25.1 Å². The van der Waals surface area contributed by atoms with E-state index in [4.69, 9.17) is 9.76 Å². The van der Waals surface area contributed by atoms with E-state index in [-0.39, 0.29) is 41.9 Å². The molecule has 2 aliphatic heterocycles. The average molecular weight is 537 g/mol. The van der Waals surface area contributed by atoms with Crippen LogP contribution >= 0.6 is 0 Å². The first-order valence-electron chi connectivity index (χ1n) is 14.2. The van der Waals surface area contributed by atoms with Crippen LogP contribution in [0.15, 0.2) is 41.0 Å². The Morgan fingerprint density at radius 2 is 1.87 bits per heavy atom. The first kappa shape index (κ1) is 29.1. The zero-order valence-corrected chi connectivity index (χ0v) is 23.1. The summed E-state index contributed by atoms with van der Waals surface area (Å²) in [4.78, 5) is 39.2. The lowest BCUT2D eigenvalue weighted by Gasteiger charge is -2.44. The van der Waals surface area contributed by atoms with Crippen molar-refractivity contribution in [3.05, 3.63) is 46.5 Å². The molecule has 3 aliphatic rings. The lowest BCUT2D eigenvalue weighted by molar-refractivity contribution is -0.141. The number of aliphatic carboxylic acids is 1. The third-order valence-electron chi connectivity index (χ3n) is 8.44.